The van der Waals surface area contributed by atoms with E-state index in [1.165, 1.54) is 0 Å². The van der Waals surface area contributed by atoms with Crippen molar-refractivity contribution in [2.24, 2.45) is 5.41 Å². The van der Waals surface area contributed by atoms with Gasteiger partial charge in [-0.3, -0.25) is 0 Å². The number of hydrogen-bond acceptors (Lipinski definition) is 2. The third-order valence-electron chi connectivity index (χ3n) is 5.87. The van der Waals surface area contributed by atoms with Gasteiger partial charge in [0.2, 0.25) is 0 Å². The van der Waals surface area contributed by atoms with E-state index in [1.807, 2.05) is 0 Å². The Labute approximate surface area is 147 Å². The van der Waals surface area contributed by atoms with Crippen molar-refractivity contribution >= 4 is 44.8 Å². The molecule has 2 fully saturated rings. The summed E-state index contributed by atoms with van der Waals surface area (Å²) in [4.78, 5) is 15.7. The molecule has 0 radical (unpaired) electrons. The molecule has 0 unspecified atom stereocenters. The molecule has 1 heterocycles. The van der Waals surface area contributed by atoms with Gasteiger partial charge in [-0.15, -0.1) is 0 Å². The van der Waals surface area contributed by atoms with Gasteiger partial charge >= 0.3 is 149 Å². The van der Waals surface area contributed by atoms with Crippen molar-refractivity contribution in [2.45, 2.75) is 75.9 Å². The molecular formula is C17H38O2SiSn2. The first-order valence-corrected chi connectivity index (χ1v) is 32.5. The Morgan fingerprint density at radius 2 is 1.27 bits per heavy atom. The summed E-state index contributed by atoms with van der Waals surface area (Å²) in [6, 6.07) is 0. The van der Waals surface area contributed by atoms with E-state index >= 15 is 0 Å². The Morgan fingerprint density at radius 3 is 1.50 bits per heavy atom. The zero-order chi connectivity index (χ0) is 17.4. The van der Waals surface area contributed by atoms with Gasteiger partial charge in [-0.05, 0) is 0 Å². The van der Waals surface area contributed by atoms with Gasteiger partial charge < -0.3 is 0 Å². The van der Waals surface area contributed by atoms with Crippen LogP contribution in [0.2, 0.25) is 56.3 Å². The number of hydrogen-bond donors (Lipinski definition) is 0. The molecule has 0 aromatic heterocycles. The van der Waals surface area contributed by atoms with Crippen LogP contribution in [0.5, 0.6) is 0 Å². The zero-order valence-electron chi connectivity index (χ0n) is 16.8. The summed E-state index contributed by atoms with van der Waals surface area (Å²) in [6.45, 7) is 14.0. The second kappa shape index (κ2) is 5.37. The average Bonchev–Trinajstić information content (AvgIpc) is 2.87. The van der Waals surface area contributed by atoms with E-state index in [4.69, 9.17) is 9.47 Å². The van der Waals surface area contributed by atoms with E-state index in [0.717, 1.165) is 17.1 Å². The molecule has 1 spiro atoms. The normalized spacial score (nSPS) is 34.8. The molecule has 0 N–H and O–H groups in total. The van der Waals surface area contributed by atoms with Crippen LogP contribution in [0.25, 0.3) is 0 Å². The standard InChI is InChI=1S/C11H20O2Si.6CH3.2Sn/c1-10(2)7-12-11(13-8-10)6-9(11)14(3,4)5;;;;;;;;/h6H,7-8H2,1-5H3;6*1H3;;. The van der Waals surface area contributed by atoms with E-state index in [9.17, 15) is 0 Å². The van der Waals surface area contributed by atoms with Gasteiger partial charge in [-0.1, -0.05) is 0 Å². The first-order chi connectivity index (χ1) is 9.53. The van der Waals surface area contributed by atoms with Crippen LogP contribution in [0, 0.1) is 5.41 Å². The van der Waals surface area contributed by atoms with Gasteiger partial charge in [0.1, 0.15) is 0 Å². The van der Waals surface area contributed by atoms with Crippen molar-refractivity contribution in [1.29, 1.82) is 0 Å². The molecule has 1 saturated heterocycles. The van der Waals surface area contributed by atoms with Crippen molar-refractivity contribution < 1.29 is 9.47 Å². The molecule has 1 aliphatic heterocycles. The SMILES string of the molecule is CC1(C)COC2(OC1)[C@H]([Sn]([CH3])([CH3])[CH3])[C@]2([Si](C)(C)C)[Sn]([CH3])([CH3])[CH3]. The molecule has 1 aliphatic carbocycles. The van der Waals surface area contributed by atoms with Crippen LogP contribution in [-0.2, 0) is 9.47 Å². The monoisotopic (exact) mass is 542 g/mol. The molecule has 2 atom stereocenters. The molecule has 0 aromatic carbocycles. The number of ether oxygens (including phenoxy) is 2. The summed E-state index contributed by atoms with van der Waals surface area (Å²) < 4.78 is 14.7. The molecule has 0 aromatic rings. The molecule has 2 aliphatic rings. The molecule has 22 heavy (non-hydrogen) atoms. The van der Waals surface area contributed by atoms with Crippen molar-refractivity contribution in [1.82, 2.24) is 0 Å². The minimum atomic E-state index is -2.27. The van der Waals surface area contributed by atoms with Crippen LogP contribution in [0.1, 0.15) is 13.8 Å². The third kappa shape index (κ3) is 2.71. The Morgan fingerprint density at radius 1 is 0.864 bits per heavy atom. The predicted molar refractivity (Wildman–Crippen MR) is 105 cm³/mol. The van der Waals surface area contributed by atoms with Crippen LogP contribution < -0.4 is 0 Å². The van der Waals surface area contributed by atoms with Gasteiger partial charge in [0, 0.05) is 0 Å². The van der Waals surface area contributed by atoms with Crippen LogP contribution in [-0.4, -0.2) is 63.8 Å². The first-order valence-electron chi connectivity index (χ1n) is 8.81. The van der Waals surface area contributed by atoms with Gasteiger partial charge in [-0.2, -0.15) is 0 Å². The third-order valence-corrected chi connectivity index (χ3v) is 39.3. The molecule has 2 rings (SSSR count). The average molecular weight is 540 g/mol. The fourth-order valence-electron chi connectivity index (χ4n) is 5.76. The van der Waals surface area contributed by atoms with Crippen molar-refractivity contribution in [2.75, 3.05) is 13.2 Å². The summed E-state index contributed by atoms with van der Waals surface area (Å²) >= 11 is -4.43. The van der Waals surface area contributed by atoms with Crippen molar-refractivity contribution in [3.8, 4) is 0 Å². The molecule has 130 valence electrons. The van der Waals surface area contributed by atoms with E-state index in [-0.39, 0.29) is 11.2 Å². The van der Waals surface area contributed by atoms with Gasteiger partial charge in [-0.25, -0.2) is 0 Å². The Balaban J connectivity index is 2.57. The Kier molecular flexibility index (Phi) is 4.89. The second-order valence-electron chi connectivity index (χ2n) is 11.5. The Hall–Kier alpha value is 1.73. The minimum absolute atomic E-state index is 0.171. The predicted octanol–water partition coefficient (Wildman–Crippen LogP) is 5.43. The number of rotatable bonds is 3. The Bertz CT molecular complexity index is 431. The molecule has 0 amide bonds. The van der Waals surface area contributed by atoms with Gasteiger partial charge in [0.15, 0.2) is 0 Å². The van der Waals surface area contributed by atoms with E-state index in [0.29, 0.717) is 3.05 Å². The van der Waals surface area contributed by atoms with Crippen LogP contribution in [0.4, 0.5) is 0 Å². The second-order valence-corrected chi connectivity index (χ2v) is 48.5. The molecular weight excluding hydrogens is 502 g/mol. The molecule has 5 heteroatoms. The topological polar surface area (TPSA) is 18.5 Å². The van der Waals surface area contributed by atoms with Crippen LogP contribution >= 0.6 is 0 Å². The summed E-state index contributed by atoms with van der Waals surface area (Å²) in [7, 11) is -1.39. The summed E-state index contributed by atoms with van der Waals surface area (Å²) in [5.41, 5.74) is 0.171. The van der Waals surface area contributed by atoms with Crippen LogP contribution in [0.15, 0.2) is 0 Å². The fraction of sp³-hybridized carbons (Fsp3) is 1.00. The summed E-state index contributed by atoms with van der Waals surface area (Å²) in [5.74, 6) is -0.185. The molecule has 1 saturated carbocycles. The summed E-state index contributed by atoms with van der Waals surface area (Å²) in [6.07, 6.45) is 0. The maximum atomic E-state index is 6.72. The zero-order valence-corrected chi connectivity index (χ0v) is 23.5. The van der Waals surface area contributed by atoms with Gasteiger partial charge in [0.05, 0.1) is 0 Å². The van der Waals surface area contributed by atoms with Crippen molar-refractivity contribution in [3.05, 3.63) is 0 Å². The van der Waals surface area contributed by atoms with Crippen LogP contribution in [0.3, 0.4) is 0 Å². The van der Waals surface area contributed by atoms with E-state index in [1.54, 1.807) is 0 Å². The fourth-order valence-corrected chi connectivity index (χ4v) is 69.4. The summed E-state index contributed by atoms with van der Waals surface area (Å²) in [5, 5.41) is 0. The molecule has 2 nitrogen and oxygen atoms in total. The van der Waals surface area contributed by atoms with Crippen molar-refractivity contribution in [3.63, 3.8) is 0 Å². The quantitative estimate of drug-likeness (QED) is 0.445. The van der Waals surface area contributed by atoms with E-state index < -0.39 is 44.8 Å². The van der Waals surface area contributed by atoms with Gasteiger partial charge in [0.25, 0.3) is 0 Å². The molecule has 0 bridgehead atoms. The first kappa shape index (κ1) is 20.1. The van der Waals surface area contributed by atoms with E-state index in [2.05, 4.69) is 63.1 Å². The maximum absolute atomic E-state index is 6.72.